The molecule has 0 aliphatic carbocycles. The van der Waals surface area contributed by atoms with Gasteiger partial charge in [-0.25, -0.2) is 4.57 Å². The van der Waals surface area contributed by atoms with Gasteiger partial charge in [0.25, 0.3) is 0 Å². The van der Waals surface area contributed by atoms with Gasteiger partial charge in [0.2, 0.25) is 0 Å². The van der Waals surface area contributed by atoms with Crippen LogP contribution in [0.1, 0.15) is 10.4 Å². The minimum atomic E-state index is 1.14. The summed E-state index contributed by atoms with van der Waals surface area (Å²) >= 11 is 1.81. The largest absolute Gasteiger partial charge is 0.311 e. The number of rotatable bonds is 6. The van der Waals surface area contributed by atoms with Gasteiger partial charge in [0.15, 0.2) is 12.4 Å². The molecule has 33 heavy (non-hydrogen) atoms. The zero-order valence-corrected chi connectivity index (χ0v) is 19.3. The Balaban J connectivity index is 1.39. The first-order valence-electron chi connectivity index (χ1n) is 11.0. The highest BCUT2D eigenvalue weighted by molar-refractivity contribution is 7.16. The molecule has 0 amide bonds. The van der Waals surface area contributed by atoms with Gasteiger partial charge in [0, 0.05) is 38.9 Å². The molecule has 0 saturated heterocycles. The highest BCUT2D eigenvalue weighted by Gasteiger charge is 2.12. The molecule has 3 aromatic carbocycles. The van der Waals surface area contributed by atoms with Crippen LogP contribution in [-0.2, 0) is 7.05 Å². The van der Waals surface area contributed by atoms with Crippen molar-refractivity contribution in [2.45, 2.75) is 0 Å². The second-order valence-corrected chi connectivity index (χ2v) is 9.00. The summed E-state index contributed by atoms with van der Waals surface area (Å²) in [7, 11) is 2.03. The average Bonchev–Trinajstić information content (AvgIpc) is 3.35. The molecule has 5 rings (SSSR count). The van der Waals surface area contributed by atoms with E-state index in [0.717, 1.165) is 17.1 Å². The first-order chi connectivity index (χ1) is 16.3. The summed E-state index contributed by atoms with van der Waals surface area (Å²) < 4.78 is 2.04. The molecule has 0 atom stereocenters. The van der Waals surface area contributed by atoms with E-state index in [1.807, 2.05) is 23.0 Å². The quantitative estimate of drug-likeness (QED) is 0.241. The lowest BCUT2D eigenvalue weighted by atomic mass is 10.1. The van der Waals surface area contributed by atoms with Crippen molar-refractivity contribution in [1.29, 1.82) is 0 Å². The van der Waals surface area contributed by atoms with Crippen LogP contribution < -0.4 is 9.47 Å². The zero-order valence-electron chi connectivity index (χ0n) is 18.5. The smallest absolute Gasteiger partial charge is 0.169 e. The third-order valence-corrected chi connectivity index (χ3v) is 6.61. The number of benzene rings is 3. The van der Waals surface area contributed by atoms with Crippen LogP contribution in [0, 0.1) is 0 Å². The molecular weight excluding hydrogens is 420 g/mol. The first-order valence-corrected chi connectivity index (χ1v) is 11.8. The van der Waals surface area contributed by atoms with Gasteiger partial charge in [-0.3, -0.25) is 0 Å². The Morgan fingerprint density at radius 2 is 1.18 bits per heavy atom. The molecule has 160 valence electrons. The summed E-state index contributed by atoms with van der Waals surface area (Å²) in [5.41, 5.74) is 5.87. The second-order valence-electron chi connectivity index (χ2n) is 7.89. The summed E-state index contributed by atoms with van der Waals surface area (Å²) in [5, 5.41) is 0. The van der Waals surface area contributed by atoms with E-state index in [2.05, 4.69) is 139 Å². The summed E-state index contributed by atoms with van der Waals surface area (Å²) in [6.45, 7) is 0. The Morgan fingerprint density at radius 3 is 1.79 bits per heavy atom. The van der Waals surface area contributed by atoms with Crippen molar-refractivity contribution in [3.8, 4) is 10.4 Å². The number of para-hydroxylation sites is 2. The zero-order chi connectivity index (χ0) is 22.5. The van der Waals surface area contributed by atoms with Crippen LogP contribution in [-0.4, -0.2) is 0 Å². The minimum Gasteiger partial charge on any atom is -0.311 e. The Kier molecular flexibility index (Phi) is 6.14. The second kappa shape index (κ2) is 9.68. The minimum absolute atomic E-state index is 1.14. The number of hydrogen-bond donors (Lipinski definition) is 0. The average molecular weight is 446 g/mol. The van der Waals surface area contributed by atoms with Crippen molar-refractivity contribution in [2.75, 3.05) is 4.90 Å². The van der Waals surface area contributed by atoms with Gasteiger partial charge < -0.3 is 4.90 Å². The van der Waals surface area contributed by atoms with Crippen LogP contribution in [0.15, 0.2) is 122 Å². The summed E-state index contributed by atoms with van der Waals surface area (Å²) in [6, 6.07) is 38.5. The van der Waals surface area contributed by atoms with Gasteiger partial charge in [-0.2, -0.15) is 0 Å². The van der Waals surface area contributed by atoms with Crippen LogP contribution >= 0.6 is 11.3 Å². The lowest BCUT2D eigenvalue weighted by Crippen LogP contribution is -2.25. The van der Waals surface area contributed by atoms with Crippen molar-refractivity contribution in [3.05, 3.63) is 132 Å². The van der Waals surface area contributed by atoms with Crippen molar-refractivity contribution in [1.82, 2.24) is 0 Å². The molecule has 2 heterocycles. The number of thiophene rings is 1. The van der Waals surface area contributed by atoms with E-state index in [1.165, 1.54) is 20.9 Å². The lowest BCUT2D eigenvalue weighted by molar-refractivity contribution is -0.671. The van der Waals surface area contributed by atoms with Crippen molar-refractivity contribution in [3.63, 3.8) is 0 Å². The fraction of sp³-hybridized carbons (Fsp3) is 0.0333. The van der Waals surface area contributed by atoms with Gasteiger partial charge in [0.1, 0.15) is 7.05 Å². The third-order valence-electron chi connectivity index (χ3n) is 5.51. The number of anilines is 3. The topological polar surface area (TPSA) is 7.12 Å². The number of pyridine rings is 1. The van der Waals surface area contributed by atoms with Gasteiger partial charge in [-0.1, -0.05) is 54.6 Å². The van der Waals surface area contributed by atoms with E-state index in [-0.39, 0.29) is 0 Å². The van der Waals surface area contributed by atoms with Crippen molar-refractivity contribution >= 4 is 40.6 Å². The third kappa shape index (κ3) is 4.94. The molecule has 5 aromatic rings. The summed E-state index contributed by atoms with van der Waals surface area (Å²) in [6.07, 6.45) is 8.48. The molecular formula is C30H25N2S+. The highest BCUT2D eigenvalue weighted by Crippen LogP contribution is 2.36. The number of aromatic nitrogens is 1. The molecule has 0 saturated carbocycles. The fourth-order valence-electron chi connectivity index (χ4n) is 3.78. The molecule has 0 unspecified atom stereocenters. The molecule has 0 fully saturated rings. The van der Waals surface area contributed by atoms with Gasteiger partial charge >= 0.3 is 0 Å². The van der Waals surface area contributed by atoms with Crippen molar-refractivity contribution in [2.24, 2.45) is 7.05 Å². The highest BCUT2D eigenvalue weighted by atomic mass is 32.1. The van der Waals surface area contributed by atoms with E-state index in [1.54, 1.807) is 0 Å². The molecule has 2 nitrogen and oxygen atoms in total. The Bertz CT molecular complexity index is 1300. The number of hydrogen-bond acceptors (Lipinski definition) is 2. The monoisotopic (exact) mass is 445 g/mol. The number of aryl methyl sites for hydroxylation is 1. The van der Waals surface area contributed by atoms with E-state index in [4.69, 9.17) is 0 Å². The maximum atomic E-state index is 2.28. The first kappa shape index (κ1) is 20.9. The lowest BCUT2D eigenvalue weighted by Gasteiger charge is -2.25. The normalized spacial score (nSPS) is 11.1. The summed E-state index contributed by atoms with van der Waals surface area (Å²) in [4.78, 5) is 4.80. The maximum Gasteiger partial charge on any atom is 0.169 e. The van der Waals surface area contributed by atoms with Gasteiger partial charge in [-0.15, -0.1) is 11.3 Å². The Morgan fingerprint density at radius 1 is 0.606 bits per heavy atom. The van der Waals surface area contributed by atoms with Crippen molar-refractivity contribution < 1.29 is 4.57 Å². The molecule has 0 bridgehead atoms. The molecule has 3 heteroatoms. The number of nitrogens with zero attached hydrogens (tertiary/aromatic N) is 2. The Labute approximate surface area is 199 Å². The molecule has 0 N–H and O–H groups in total. The Hall–Kier alpha value is -3.95. The summed E-state index contributed by atoms with van der Waals surface area (Å²) in [5.74, 6) is 0. The van der Waals surface area contributed by atoms with Gasteiger partial charge in [-0.05, 0) is 65.7 Å². The standard InChI is InChI=1S/C30H25N2S/c1-31-22-20-24(21-23-31)12-17-29-18-19-30(33-29)25-13-15-28(16-14-25)32(26-8-4-2-5-9-26)27-10-6-3-7-11-27/h2-23H,1H3/q+1. The molecule has 0 radical (unpaired) electrons. The van der Waals surface area contributed by atoms with E-state index in [9.17, 15) is 0 Å². The molecule has 0 aliphatic heterocycles. The molecule has 2 aromatic heterocycles. The predicted molar refractivity (Wildman–Crippen MR) is 141 cm³/mol. The van der Waals surface area contributed by atoms with E-state index < -0.39 is 0 Å². The van der Waals surface area contributed by atoms with Crippen LogP contribution in [0.2, 0.25) is 0 Å². The van der Waals surface area contributed by atoms with Crippen LogP contribution in [0.4, 0.5) is 17.1 Å². The predicted octanol–water partition coefficient (Wildman–Crippen LogP) is 7.88. The van der Waals surface area contributed by atoms with Crippen LogP contribution in [0.25, 0.3) is 22.6 Å². The van der Waals surface area contributed by atoms with Gasteiger partial charge in [0.05, 0.1) is 0 Å². The molecule has 0 aliphatic rings. The van der Waals surface area contributed by atoms with Crippen LogP contribution in [0.5, 0.6) is 0 Å². The van der Waals surface area contributed by atoms with E-state index in [0.29, 0.717) is 0 Å². The van der Waals surface area contributed by atoms with E-state index >= 15 is 0 Å². The van der Waals surface area contributed by atoms with Crippen LogP contribution in [0.3, 0.4) is 0 Å². The maximum absolute atomic E-state index is 2.28. The SMILES string of the molecule is C[n+]1ccc(/C=C/c2ccc(-c3ccc(N(c4ccccc4)c4ccccc4)cc3)s2)cc1. The fourth-order valence-corrected chi connectivity index (χ4v) is 4.69. The molecule has 0 spiro atoms.